The van der Waals surface area contributed by atoms with Gasteiger partial charge in [0, 0.05) is 5.69 Å². The molecule has 0 bridgehead atoms. The molecular weight excluding hydrogens is 190 g/mol. The van der Waals surface area contributed by atoms with Gasteiger partial charge in [-0.05, 0) is 45.4 Å². The van der Waals surface area contributed by atoms with Crippen LogP contribution in [0.5, 0.6) is 0 Å². The standard InChI is InChI=1S/C12H19NO2/c1-9-6-5-7-10(8-9)13-11(14)15-12(2,3)4/h5-8,11,13-14H,1-4H3. The minimum atomic E-state index is -0.980. The second kappa shape index (κ2) is 4.64. The van der Waals surface area contributed by atoms with Gasteiger partial charge in [-0.25, -0.2) is 0 Å². The summed E-state index contributed by atoms with van der Waals surface area (Å²) in [5.74, 6) is 0. The fraction of sp³-hybridized carbons (Fsp3) is 0.500. The Labute approximate surface area is 91.1 Å². The quantitative estimate of drug-likeness (QED) is 0.751. The van der Waals surface area contributed by atoms with Crippen LogP contribution >= 0.6 is 0 Å². The minimum Gasteiger partial charge on any atom is -0.351 e. The van der Waals surface area contributed by atoms with Gasteiger partial charge in [0.1, 0.15) is 0 Å². The summed E-state index contributed by atoms with van der Waals surface area (Å²) in [4.78, 5) is 0. The van der Waals surface area contributed by atoms with E-state index < -0.39 is 6.41 Å². The fourth-order valence-electron chi connectivity index (χ4n) is 1.24. The molecule has 0 aliphatic heterocycles. The third kappa shape index (κ3) is 4.81. The topological polar surface area (TPSA) is 41.5 Å². The Morgan fingerprint density at radius 2 is 2.00 bits per heavy atom. The van der Waals surface area contributed by atoms with E-state index in [0.717, 1.165) is 11.3 Å². The monoisotopic (exact) mass is 209 g/mol. The van der Waals surface area contributed by atoms with Crippen molar-refractivity contribution in [3.8, 4) is 0 Å². The number of hydrogen-bond acceptors (Lipinski definition) is 3. The summed E-state index contributed by atoms with van der Waals surface area (Å²) in [5, 5.41) is 12.5. The van der Waals surface area contributed by atoms with Crippen LogP contribution in [0.1, 0.15) is 26.3 Å². The molecule has 1 atom stereocenters. The Balaban J connectivity index is 2.55. The number of benzene rings is 1. The maximum absolute atomic E-state index is 9.60. The van der Waals surface area contributed by atoms with Crippen molar-refractivity contribution in [2.75, 3.05) is 5.32 Å². The second-order valence-electron chi connectivity index (χ2n) is 4.60. The van der Waals surface area contributed by atoms with Crippen LogP contribution in [-0.4, -0.2) is 17.1 Å². The van der Waals surface area contributed by atoms with Crippen LogP contribution in [-0.2, 0) is 4.74 Å². The van der Waals surface area contributed by atoms with Gasteiger partial charge in [-0.2, -0.15) is 0 Å². The Morgan fingerprint density at radius 1 is 1.33 bits per heavy atom. The average molecular weight is 209 g/mol. The second-order valence-corrected chi connectivity index (χ2v) is 4.60. The third-order valence-electron chi connectivity index (χ3n) is 1.77. The number of anilines is 1. The van der Waals surface area contributed by atoms with E-state index in [1.54, 1.807) is 0 Å². The highest BCUT2D eigenvalue weighted by Gasteiger charge is 2.16. The number of aliphatic hydroxyl groups excluding tert-OH is 1. The van der Waals surface area contributed by atoms with Crippen molar-refractivity contribution < 1.29 is 9.84 Å². The van der Waals surface area contributed by atoms with Crippen LogP contribution in [0, 0.1) is 6.92 Å². The molecule has 0 saturated heterocycles. The van der Waals surface area contributed by atoms with Gasteiger partial charge < -0.3 is 15.2 Å². The molecule has 0 radical (unpaired) electrons. The molecular formula is C12H19NO2. The molecule has 0 heterocycles. The maximum Gasteiger partial charge on any atom is 0.235 e. The van der Waals surface area contributed by atoms with Crippen molar-refractivity contribution in [1.82, 2.24) is 0 Å². The summed E-state index contributed by atoms with van der Waals surface area (Å²) in [6.45, 7) is 7.69. The molecule has 1 unspecified atom stereocenters. The first-order valence-corrected chi connectivity index (χ1v) is 5.06. The highest BCUT2D eigenvalue weighted by atomic mass is 16.6. The summed E-state index contributed by atoms with van der Waals surface area (Å²) >= 11 is 0. The molecule has 15 heavy (non-hydrogen) atoms. The van der Waals surface area contributed by atoms with Gasteiger partial charge in [0.05, 0.1) is 5.60 Å². The molecule has 84 valence electrons. The summed E-state index contributed by atoms with van der Waals surface area (Å²) in [7, 11) is 0. The SMILES string of the molecule is Cc1cccc(NC(O)OC(C)(C)C)c1. The smallest absolute Gasteiger partial charge is 0.235 e. The van der Waals surface area contributed by atoms with Gasteiger partial charge in [0.15, 0.2) is 0 Å². The molecule has 1 rings (SSSR count). The van der Waals surface area contributed by atoms with Gasteiger partial charge in [-0.1, -0.05) is 12.1 Å². The number of aliphatic hydroxyl groups is 1. The van der Waals surface area contributed by atoms with Crippen LogP contribution in [0.2, 0.25) is 0 Å². The Hall–Kier alpha value is -1.06. The number of nitrogens with one attached hydrogen (secondary N) is 1. The molecule has 0 aromatic heterocycles. The van der Waals surface area contributed by atoms with E-state index in [2.05, 4.69) is 5.32 Å². The lowest BCUT2D eigenvalue weighted by atomic mass is 10.2. The van der Waals surface area contributed by atoms with E-state index in [4.69, 9.17) is 4.74 Å². The molecule has 1 aromatic carbocycles. The zero-order valence-electron chi connectivity index (χ0n) is 9.74. The van der Waals surface area contributed by atoms with Crippen LogP contribution in [0.25, 0.3) is 0 Å². The van der Waals surface area contributed by atoms with E-state index in [-0.39, 0.29) is 5.60 Å². The number of hydrogen-bond donors (Lipinski definition) is 2. The predicted octanol–water partition coefficient (Wildman–Crippen LogP) is 2.50. The molecule has 0 aliphatic rings. The van der Waals surface area contributed by atoms with Gasteiger partial charge >= 0.3 is 0 Å². The lowest BCUT2D eigenvalue weighted by molar-refractivity contribution is -0.148. The first-order valence-electron chi connectivity index (χ1n) is 5.06. The fourth-order valence-corrected chi connectivity index (χ4v) is 1.24. The first kappa shape index (κ1) is 12.0. The number of aryl methyl sites for hydroxylation is 1. The molecule has 0 amide bonds. The summed E-state index contributed by atoms with van der Waals surface area (Å²) in [6, 6.07) is 7.78. The molecule has 2 N–H and O–H groups in total. The highest BCUT2D eigenvalue weighted by molar-refractivity contribution is 5.45. The normalized spacial score (nSPS) is 13.7. The lowest BCUT2D eigenvalue weighted by Gasteiger charge is -2.24. The summed E-state index contributed by atoms with van der Waals surface area (Å²) < 4.78 is 5.33. The van der Waals surface area contributed by atoms with Crippen LogP contribution < -0.4 is 5.32 Å². The van der Waals surface area contributed by atoms with Crippen molar-refractivity contribution in [1.29, 1.82) is 0 Å². The molecule has 1 aromatic rings. The Bertz CT molecular complexity index is 318. The first-order chi connectivity index (χ1) is 6.87. The van der Waals surface area contributed by atoms with Crippen molar-refractivity contribution in [3.63, 3.8) is 0 Å². The van der Waals surface area contributed by atoms with Crippen LogP contribution in [0.4, 0.5) is 5.69 Å². The third-order valence-corrected chi connectivity index (χ3v) is 1.77. The summed E-state index contributed by atoms with van der Waals surface area (Å²) in [5.41, 5.74) is 1.63. The van der Waals surface area contributed by atoms with Crippen LogP contribution in [0.3, 0.4) is 0 Å². The summed E-state index contributed by atoms with van der Waals surface area (Å²) in [6.07, 6.45) is -0.980. The maximum atomic E-state index is 9.60. The molecule has 0 aliphatic carbocycles. The average Bonchev–Trinajstić information content (AvgIpc) is 1.99. The molecule has 3 heteroatoms. The van der Waals surface area contributed by atoms with Crippen molar-refractivity contribution in [2.45, 2.75) is 39.7 Å². The highest BCUT2D eigenvalue weighted by Crippen LogP contribution is 2.14. The van der Waals surface area contributed by atoms with E-state index >= 15 is 0 Å². The van der Waals surface area contributed by atoms with E-state index in [9.17, 15) is 5.11 Å². The van der Waals surface area contributed by atoms with Crippen molar-refractivity contribution in [2.24, 2.45) is 0 Å². The zero-order chi connectivity index (χ0) is 11.5. The number of ether oxygens (including phenoxy) is 1. The van der Waals surface area contributed by atoms with E-state index in [0.29, 0.717) is 0 Å². The molecule has 0 fully saturated rings. The van der Waals surface area contributed by atoms with Gasteiger partial charge in [-0.15, -0.1) is 0 Å². The number of rotatable bonds is 3. The van der Waals surface area contributed by atoms with Crippen molar-refractivity contribution >= 4 is 5.69 Å². The molecule has 0 spiro atoms. The Kier molecular flexibility index (Phi) is 3.72. The van der Waals surface area contributed by atoms with Gasteiger partial charge in [0.2, 0.25) is 6.41 Å². The zero-order valence-corrected chi connectivity index (χ0v) is 9.74. The van der Waals surface area contributed by atoms with Gasteiger partial charge in [-0.3, -0.25) is 0 Å². The van der Waals surface area contributed by atoms with Crippen LogP contribution in [0.15, 0.2) is 24.3 Å². The lowest BCUT2D eigenvalue weighted by Crippen LogP contribution is -2.32. The van der Waals surface area contributed by atoms with E-state index in [1.807, 2.05) is 52.0 Å². The van der Waals surface area contributed by atoms with E-state index in [1.165, 1.54) is 0 Å². The molecule has 0 saturated carbocycles. The predicted molar refractivity (Wildman–Crippen MR) is 61.6 cm³/mol. The Morgan fingerprint density at radius 3 is 2.53 bits per heavy atom. The van der Waals surface area contributed by atoms with Crippen molar-refractivity contribution in [3.05, 3.63) is 29.8 Å². The minimum absolute atomic E-state index is 0.365. The largest absolute Gasteiger partial charge is 0.351 e. The van der Waals surface area contributed by atoms with Gasteiger partial charge in [0.25, 0.3) is 0 Å². The molecule has 3 nitrogen and oxygen atoms in total.